The molecule has 1 amide bonds. The van der Waals surface area contributed by atoms with Gasteiger partial charge in [0, 0.05) is 11.7 Å². The second kappa shape index (κ2) is 4.92. The minimum atomic E-state index is -0.208. The van der Waals surface area contributed by atoms with Gasteiger partial charge in [0.1, 0.15) is 11.6 Å². The van der Waals surface area contributed by atoms with E-state index in [0.29, 0.717) is 11.6 Å². The number of anilines is 1. The quantitative estimate of drug-likeness (QED) is 0.804. The van der Waals surface area contributed by atoms with E-state index in [0.717, 1.165) is 0 Å². The molecule has 0 saturated heterocycles. The molecule has 0 atom stereocenters. The van der Waals surface area contributed by atoms with Crippen molar-refractivity contribution in [3.05, 3.63) is 18.1 Å². The highest BCUT2D eigenvalue weighted by atomic mass is 16.2. The van der Waals surface area contributed by atoms with Crippen LogP contribution >= 0.6 is 0 Å². The molecule has 2 N–H and O–H groups in total. The maximum atomic E-state index is 11.5. The molecule has 0 aliphatic heterocycles. The molecule has 0 saturated carbocycles. The summed E-state index contributed by atoms with van der Waals surface area (Å²) in [4.78, 5) is 19.6. The normalized spacial score (nSPS) is 11.0. The molecule has 0 fully saturated rings. The van der Waals surface area contributed by atoms with Crippen LogP contribution in [-0.2, 0) is 4.79 Å². The maximum Gasteiger partial charge on any atom is 0.239 e. The number of amides is 1. The highest BCUT2D eigenvalue weighted by Crippen LogP contribution is 2.01. The summed E-state index contributed by atoms with van der Waals surface area (Å²) in [6, 6.07) is 1.73. The van der Waals surface area contributed by atoms with Gasteiger partial charge in [-0.1, -0.05) is 0 Å². The molecule has 0 aliphatic carbocycles. The van der Waals surface area contributed by atoms with Crippen LogP contribution in [0.25, 0.3) is 0 Å². The monoisotopic (exact) mass is 222 g/mol. The first-order valence-electron chi connectivity index (χ1n) is 5.21. The minimum Gasteiger partial charge on any atom is -0.361 e. The lowest BCUT2D eigenvalue weighted by molar-refractivity contribution is -0.120. The van der Waals surface area contributed by atoms with Crippen molar-refractivity contribution in [2.75, 3.05) is 11.9 Å². The fourth-order valence-corrected chi connectivity index (χ4v) is 1.19. The highest BCUT2D eigenvalue weighted by molar-refractivity contribution is 5.80. The summed E-state index contributed by atoms with van der Waals surface area (Å²) < 4.78 is 0. The summed E-state index contributed by atoms with van der Waals surface area (Å²) in [5, 5.41) is 5.80. The van der Waals surface area contributed by atoms with Crippen LogP contribution in [-0.4, -0.2) is 28.0 Å². The summed E-state index contributed by atoms with van der Waals surface area (Å²) in [5.41, 5.74) is -0.208. The van der Waals surface area contributed by atoms with Crippen molar-refractivity contribution >= 4 is 11.7 Å². The van der Waals surface area contributed by atoms with E-state index in [1.165, 1.54) is 0 Å². The maximum absolute atomic E-state index is 11.5. The SMILES string of the molecule is Cc1nccc(NCC(=O)NC(C)(C)C)n1. The fourth-order valence-electron chi connectivity index (χ4n) is 1.19. The average Bonchev–Trinajstić information content (AvgIpc) is 2.12. The first kappa shape index (κ1) is 12.4. The van der Waals surface area contributed by atoms with Crippen LogP contribution in [0.2, 0.25) is 0 Å². The van der Waals surface area contributed by atoms with Gasteiger partial charge in [-0.2, -0.15) is 0 Å². The number of nitrogens with one attached hydrogen (secondary N) is 2. The standard InChI is InChI=1S/C11H18N4O/c1-8-12-6-5-9(14-8)13-7-10(16)15-11(2,3)4/h5-6H,7H2,1-4H3,(H,15,16)(H,12,13,14). The summed E-state index contributed by atoms with van der Waals surface area (Å²) in [7, 11) is 0. The molecular weight excluding hydrogens is 204 g/mol. The van der Waals surface area contributed by atoms with E-state index in [1.54, 1.807) is 19.2 Å². The molecule has 1 aromatic rings. The molecule has 0 aliphatic rings. The van der Waals surface area contributed by atoms with Gasteiger partial charge in [0.05, 0.1) is 6.54 Å². The van der Waals surface area contributed by atoms with Crippen molar-refractivity contribution in [3.63, 3.8) is 0 Å². The van der Waals surface area contributed by atoms with E-state index in [-0.39, 0.29) is 18.0 Å². The molecule has 0 unspecified atom stereocenters. The molecule has 5 nitrogen and oxygen atoms in total. The van der Waals surface area contributed by atoms with E-state index in [4.69, 9.17) is 0 Å². The molecule has 0 radical (unpaired) electrons. The molecule has 16 heavy (non-hydrogen) atoms. The summed E-state index contributed by atoms with van der Waals surface area (Å²) >= 11 is 0. The van der Waals surface area contributed by atoms with Crippen molar-refractivity contribution in [1.82, 2.24) is 15.3 Å². The fraction of sp³-hybridized carbons (Fsp3) is 0.545. The van der Waals surface area contributed by atoms with Gasteiger partial charge in [-0.15, -0.1) is 0 Å². The molecular formula is C11H18N4O. The van der Waals surface area contributed by atoms with Crippen molar-refractivity contribution in [2.24, 2.45) is 0 Å². The number of hydrogen-bond donors (Lipinski definition) is 2. The van der Waals surface area contributed by atoms with E-state index in [2.05, 4.69) is 20.6 Å². The number of rotatable bonds is 3. The lowest BCUT2D eigenvalue weighted by atomic mass is 10.1. The van der Waals surface area contributed by atoms with Crippen molar-refractivity contribution < 1.29 is 4.79 Å². The molecule has 1 aromatic heterocycles. The van der Waals surface area contributed by atoms with E-state index >= 15 is 0 Å². The minimum absolute atomic E-state index is 0.0521. The highest BCUT2D eigenvalue weighted by Gasteiger charge is 2.13. The second-order valence-electron chi connectivity index (χ2n) is 4.64. The van der Waals surface area contributed by atoms with Gasteiger partial charge >= 0.3 is 0 Å². The number of aromatic nitrogens is 2. The Labute approximate surface area is 95.7 Å². The summed E-state index contributed by atoms with van der Waals surface area (Å²) in [6.45, 7) is 7.85. The molecule has 0 spiro atoms. The largest absolute Gasteiger partial charge is 0.361 e. The topological polar surface area (TPSA) is 66.9 Å². The Hall–Kier alpha value is -1.65. The lowest BCUT2D eigenvalue weighted by Gasteiger charge is -2.20. The predicted molar refractivity (Wildman–Crippen MR) is 63.2 cm³/mol. The molecule has 0 bridgehead atoms. The predicted octanol–water partition coefficient (Wildman–Crippen LogP) is 1.11. The summed E-state index contributed by atoms with van der Waals surface area (Å²) in [6.07, 6.45) is 1.66. The van der Waals surface area contributed by atoms with Gasteiger partial charge in [-0.05, 0) is 33.8 Å². The number of carbonyl (C=O) groups is 1. The molecule has 0 aromatic carbocycles. The third-order valence-corrected chi connectivity index (χ3v) is 1.72. The van der Waals surface area contributed by atoms with E-state index in [1.807, 2.05) is 20.8 Å². The number of hydrogen-bond acceptors (Lipinski definition) is 4. The van der Waals surface area contributed by atoms with Gasteiger partial charge in [-0.25, -0.2) is 9.97 Å². The number of carbonyl (C=O) groups excluding carboxylic acids is 1. The van der Waals surface area contributed by atoms with Crippen LogP contribution in [0, 0.1) is 6.92 Å². The molecule has 5 heteroatoms. The molecule has 1 rings (SSSR count). The van der Waals surface area contributed by atoms with Gasteiger partial charge in [0.25, 0.3) is 0 Å². The van der Waals surface area contributed by atoms with Crippen molar-refractivity contribution in [3.8, 4) is 0 Å². The number of aryl methyl sites for hydroxylation is 1. The second-order valence-corrected chi connectivity index (χ2v) is 4.64. The Morgan fingerprint density at radius 3 is 2.69 bits per heavy atom. The Bertz CT molecular complexity index is 370. The van der Waals surface area contributed by atoms with Gasteiger partial charge in [-0.3, -0.25) is 4.79 Å². The van der Waals surface area contributed by atoms with Crippen LogP contribution in [0.3, 0.4) is 0 Å². The van der Waals surface area contributed by atoms with Gasteiger partial charge in [0.2, 0.25) is 5.91 Å². The Balaban J connectivity index is 2.43. The smallest absolute Gasteiger partial charge is 0.239 e. The van der Waals surface area contributed by atoms with Crippen LogP contribution < -0.4 is 10.6 Å². The third kappa shape index (κ3) is 4.72. The van der Waals surface area contributed by atoms with Crippen molar-refractivity contribution in [1.29, 1.82) is 0 Å². The number of nitrogens with zero attached hydrogens (tertiary/aromatic N) is 2. The van der Waals surface area contributed by atoms with Crippen LogP contribution in [0.5, 0.6) is 0 Å². The Morgan fingerprint density at radius 2 is 2.12 bits per heavy atom. The zero-order valence-corrected chi connectivity index (χ0v) is 10.2. The van der Waals surface area contributed by atoms with Gasteiger partial charge in [0.15, 0.2) is 0 Å². The first-order chi connectivity index (χ1) is 7.37. The van der Waals surface area contributed by atoms with E-state index in [9.17, 15) is 4.79 Å². The molecule has 1 heterocycles. The zero-order chi connectivity index (χ0) is 12.2. The van der Waals surface area contributed by atoms with Crippen LogP contribution in [0.4, 0.5) is 5.82 Å². The van der Waals surface area contributed by atoms with E-state index < -0.39 is 0 Å². The van der Waals surface area contributed by atoms with Crippen LogP contribution in [0.15, 0.2) is 12.3 Å². The third-order valence-electron chi connectivity index (χ3n) is 1.72. The molecule has 88 valence electrons. The Kier molecular flexibility index (Phi) is 3.82. The lowest BCUT2D eigenvalue weighted by Crippen LogP contribution is -2.43. The van der Waals surface area contributed by atoms with Crippen LogP contribution in [0.1, 0.15) is 26.6 Å². The first-order valence-corrected chi connectivity index (χ1v) is 5.21. The average molecular weight is 222 g/mol. The zero-order valence-electron chi connectivity index (χ0n) is 10.2. The van der Waals surface area contributed by atoms with Gasteiger partial charge < -0.3 is 10.6 Å². The van der Waals surface area contributed by atoms with Crippen molar-refractivity contribution in [2.45, 2.75) is 33.2 Å². The Morgan fingerprint density at radius 1 is 1.44 bits per heavy atom. The summed E-state index contributed by atoms with van der Waals surface area (Å²) in [5.74, 6) is 1.29.